The van der Waals surface area contributed by atoms with Gasteiger partial charge in [-0.25, -0.2) is 0 Å². The Morgan fingerprint density at radius 2 is 1.69 bits per heavy atom. The van der Waals surface area contributed by atoms with Crippen LogP contribution in [0.2, 0.25) is 0 Å². The van der Waals surface area contributed by atoms with Crippen LogP contribution in [0.15, 0.2) is 54.6 Å². The quantitative estimate of drug-likeness (QED) is 0.281. The van der Waals surface area contributed by atoms with E-state index in [4.69, 9.17) is 21.7 Å². The number of hydrogen-bond donors (Lipinski definition) is 2. The molecule has 0 aliphatic rings. The highest BCUT2D eigenvalue weighted by molar-refractivity contribution is 7.80. The molecule has 0 fully saturated rings. The number of benzene rings is 2. The van der Waals surface area contributed by atoms with Crippen LogP contribution in [0, 0.1) is 0 Å². The topological polar surface area (TPSA) is 79.9 Å². The van der Waals surface area contributed by atoms with Crippen molar-refractivity contribution in [1.82, 2.24) is 15.8 Å². The Hall–Kier alpha value is -2.97. The highest BCUT2D eigenvalue weighted by Crippen LogP contribution is 2.15. The van der Waals surface area contributed by atoms with Gasteiger partial charge in [0.05, 0.1) is 0 Å². The average molecular weight is 416 g/mol. The minimum Gasteiger partial charge on any atom is -0.484 e. The number of hydrazine groups is 1. The molecule has 8 heteroatoms. The maximum absolute atomic E-state index is 12.4. The molecule has 2 rings (SSSR count). The number of nitrogens with one attached hydrogen (secondary N) is 2. The van der Waals surface area contributed by atoms with Crippen molar-refractivity contribution >= 4 is 29.0 Å². The molecule has 0 aliphatic carbocycles. The number of ketones is 1. The minimum absolute atomic E-state index is 0.0666. The van der Waals surface area contributed by atoms with Crippen LogP contribution in [-0.2, 0) is 9.53 Å². The fourth-order valence-corrected chi connectivity index (χ4v) is 2.56. The van der Waals surface area contributed by atoms with Gasteiger partial charge in [-0.3, -0.25) is 20.0 Å². The molecule has 0 radical (unpaired) electrons. The summed E-state index contributed by atoms with van der Waals surface area (Å²) in [6, 6.07) is 15.7. The molecular weight excluding hydrogens is 390 g/mol. The van der Waals surface area contributed by atoms with Crippen LogP contribution in [0.1, 0.15) is 22.3 Å². The lowest BCUT2D eigenvalue weighted by molar-refractivity contribution is -0.126. The second-order valence-electron chi connectivity index (χ2n) is 6.18. The normalized spacial score (nSPS) is 10.1. The summed E-state index contributed by atoms with van der Waals surface area (Å²) in [5.41, 5.74) is 3.80. The molecule has 0 aromatic heterocycles. The smallest absolute Gasteiger partial charge is 0.276 e. The zero-order valence-electron chi connectivity index (χ0n) is 16.5. The zero-order valence-corrected chi connectivity index (χ0v) is 17.3. The zero-order chi connectivity index (χ0) is 21.1. The third kappa shape index (κ3) is 7.52. The number of carbonyl (C=O) groups is 2. The summed E-state index contributed by atoms with van der Waals surface area (Å²) >= 11 is 5.19. The van der Waals surface area contributed by atoms with Crippen molar-refractivity contribution in [1.29, 1.82) is 0 Å². The second kappa shape index (κ2) is 11.8. The van der Waals surface area contributed by atoms with E-state index in [-0.39, 0.29) is 18.3 Å². The highest BCUT2D eigenvalue weighted by atomic mass is 32.1. The van der Waals surface area contributed by atoms with Gasteiger partial charge in [0.25, 0.3) is 5.91 Å². The number of ether oxygens (including phenoxy) is 2. The van der Waals surface area contributed by atoms with Crippen LogP contribution in [0.4, 0.5) is 0 Å². The monoisotopic (exact) mass is 415 g/mol. The first-order valence-corrected chi connectivity index (χ1v) is 9.54. The van der Waals surface area contributed by atoms with E-state index < -0.39 is 0 Å². The number of amides is 1. The van der Waals surface area contributed by atoms with E-state index in [0.717, 1.165) is 6.42 Å². The van der Waals surface area contributed by atoms with Gasteiger partial charge in [0.2, 0.25) is 0 Å². The average Bonchev–Trinajstić information content (AvgIpc) is 2.75. The predicted octanol–water partition coefficient (Wildman–Crippen LogP) is 2.17. The van der Waals surface area contributed by atoms with Crippen molar-refractivity contribution in [2.24, 2.45) is 0 Å². The minimum atomic E-state index is -0.349. The summed E-state index contributed by atoms with van der Waals surface area (Å²) in [4.78, 5) is 24.4. The van der Waals surface area contributed by atoms with Crippen molar-refractivity contribution in [3.05, 3.63) is 65.7 Å². The molecule has 2 aromatic carbocycles. The molecule has 29 heavy (non-hydrogen) atoms. The molecule has 0 heterocycles. The van der Waals surface area contributed by atoms with E-state index in [0.29, 0.717) is 35.1 Å². The fourth-order valence-electron chi connectivity index (χ4n) is 2.41. The molecule has 154 valence electrons. The Morgan fingerprint density at radius 3 is 2.34 bits per heavy atom. The van der Waals surface area contributed by atoms with Crippen molar-refractivity contribution in [2.75, 3.05) is 33.9 Å². The number of rotatable bonds is 9. The van der Waals surface area contributed by atoms with Crippen LogP contribution in [0.5, 0.6) is 5.75 Å². The van der Waals surface area contributed by atoms with Crippen LogP contribution < -0.4 is 15.5 Å². The first-order chi connectivity index (χ1) is 14.0. The number of methoxy groups -OCH3 is 1. The lowest BCUT2D eigenvalue weighted by Gasteiger charge is -2.21. The number of hydrogen-bond acceptors (Lipinski definition) is 5. The number of carbonyl (C=O) groups excluding carboxylic acids is 2. The SMILES string of the molecule is COCCCNC(=S)N(C)NC(=O)COc1ccc(C(=O)c2ccccc2)cc1. The van der Waals surface area contributed by atoms with Gasteiger partial charge in [0.15, 0.2) is 17.5 Å². The van der Waals surface area contributed by atoms with Crippen LogP contribution in [-0.4, -0.2) is 55.7 Å². The first-order valence-electron chi connectivity index (χ1n) is 9.14. The van der Waals surface area contributed by atoms with E-state index in [1.807, 2.05) is 18.2 Å². The summed E-state index contributed by atoms with van der Waals surface area (Å²) < 4.78 is 10.4. The van der Waals surface area contributed by atoms with Gasteiger partial charge < -0.3 is 14.8 Å². The Bertz CT molecular complexity index is 812. The summed E-state index contributed by atoms with van der Waals surface area (Å²) in [5.74, 6) is 0.0775. The molecule has 2 N–H and O–H groups in total. The van der Waals surface area contributed by atoms with Gasteiger partial charge in [0.1, 0.15) is 5.75 Å². The standard InChI is InChI=1S/C21H25N3O4S/c1-24(21(29)22-13-6-14-27-2)23-19(25)15-28-18-11-9-17(10-12-18)20(26)16-7-4-3-5-8-16/h3-5,7-12H,6,13-15H2,1-2H3,(H,22,29)(H,23,25). The van der Waals surface area contributed by atoms with E-state index in [1.165, 1.54) is 5.01 Å². The fraction of sp³-hybridized carbons (Fsp3) is 0.286. The Kier molecular flexibility index (Phi) is 9.07. The molecule has 2 aromatic rings. The predicted molar refractivity (Wildman–Crippen MR) is 115 cm³/mol. The maximum atomic E-state index is 12.4. The van der Waals surface area contributed by atoms with Gasteiger partial charge in [-0.05, 0) is 42.9 Å². The molecule has 0 bridgehead atoms. The Balaban J connectivity index is 1.77. The number of thiocarbonyl (C=S) groups is 1. The third-order valence-electron chi connectivity index (χ3n) is 3.92. The van der Waals surface area contributed by atoms with Gasteiger partial charge in [-0.2, -0.15) is 0 Å². The lowest BCUT2D eigenvalue weighted by Crippen LogP contribution is -2.49. The van der Waals surface area contributed by atoms with Crippen LogP contribution in [0.25, 0.3) is 0 Å². The molecular formula is C21H25N3O4S. The van der Waals surface area contributed by atoms with Gasteiger partial charge >= 0.3 is 0 Å². The van der Waals surface area contributed by atoms with Gasteiger partial charge in [-0.1, -0.05) is 30.3 Å². The molecule has 0 saturated carbocycles. The molecule has 0 spiro atoms. The van der Waals surface area contributed by atoms with E-state index in [1.54, 1.807) is 50.6 Å². The summed E-state index contributed by atoms with van der Waals surface area (Å²) in [5, 5.41) is 4.84. The largest absolute Gasteiger partial charge is 0.484 e. The van der Waals surface area contributed by atoms with Crippen molar-refractivity contribution in [2.45, 2.75) is 6.42 Å². The first kappa shape index (κ1) is 22.3. The van der Waals surface area contributed by atoms with Crippen LogP contribution >= 0.6 is 12.2 Å². The van der Waals surface area contributed by atoms with E-state index >= 15 is 0 Å². The van der Waals surface area contributed by atoms with Crippen molar-refractivity contribution < 1.29 is 19.1 Å². The molecule has 0 aliphatic heterocycles. The summed E-state index contributed by atoms with van der Waals surface area (Å²) in [7, 11) is 3.28. The van der Waals surface area contributed by atoms with Crippen LogP contribution in [0.3, 0.4) is 0 Å². The number of nitrogens with zero attached hydrogens (tertiary/aromatic N) is 1. The van der Waals surface area contributed by atoms with E-state index in [2.05, 4.69) is 10.7 Å². The Morgan fingerprint density at radius 1 is 1.03 bits per heavy atom. The van der Waals surface area contributed by atoms with E-state index in [9.17, 15) is 9.59 Å². The third-order valence-corrected chi connectivity index (χ3v) is 4.34. The maximum Gasteiger partial charge on any atom is 0.276 e. The highest BCUT2D eigenvalue weighted by Gasteiger charge is 2.11. The second-order valence-corrected chi connectivity index (χ2v) is 6.57. The summed E-state index contributed by atoms with van der Waals surface area (Å²) in [6.45, 7) is 1.11. The lowest BCUT2D eigenvalue weighted by atomic mass is 10.0. The Labute approximate surface area is 176 Å². The van der Waals surface area contributed by atoms with Crippen molar-refractivity contribution in [3.63, 3.8) is 0 Å². The molecule has 0 unspecified atom stereocenters. The summed E-state index contributed by atoms with van der Waals surface area (Å²) in [6.07, 6.45) is 0.810. The van der Waals surface area contributed by atoms with Gasteiger partial charge in [0, 0.05) is 38.4 Å². The molecule has 0 saturated heterocycles. The van der Waals surface area contributed by atoms with Crippen molar-refractivity contribution in [3.8, 4) is 5.75 Å². The van der Waals surface area contributed by atoms with Gasteiger partial charge in [-0.15, -0.1) is 0 Å². The molecule has 1 amide bonds. The molecule has 0 atom stereocenters. The molecule has 7 nitrogen and oxygen atoms in total.